The molecule has 2 rings (SSSR count). The highest BCUT2D eigenvalue weighted by molar-refractivity contribution is 6.30. The number of hydrogen-bond acceptors (Lipinski definition) is 2. The van der Waals surface area contributed by atoms with Gasteiger partial charge in [0.2, 0.25) is 5.91 Å². The monoisotopic (exact) mass is 295 g/mol. The van der Waals surface area contributed by atoms with E-state index in [4.69, 9.17) is 16.7 Å². The van der Waals surface area contributed by atoms with Crippen molar-refractivity contribution in [2.45, 2.75) is 25.7 Å². The van der Waals surface area contributed by atoms with Crippen LogP contribution in [0.3, 0.4) is 0 Å². The van der Waals surface area contributed by atoms with E-state index < -0.39 is 11.9 Å². The second kappa shape index (κ2) is 6.75. The Kier molecular flexibility index (Phi) is 5.01. The van der Waals surface area contributed by atoms with Crippen LogP contribution < -0.4 is 5.32 Å². The van der Waals surface area contributed by atoms with Gasteiger partial charge >= 0.3 is 5.97 Å². The summed E-state index contributed by atoms with van der Waals surface area (Å²) in [5.74, 6) is -1.91. The maximum Gasteiger partial charge on any atom is 0.307 e. The molecular weight excluding hydrogens is 278 g/mol. The highest BCUT2D eigenvalue weighted by Crippen LogP contribution is 2.31. The Morgan fingerprint density at radius 3 is 2.75 bits per heavy atom. The van der Waals surface area contributed by atoms with Gasteiger partial charge in [-0.25, -0.2) is 0 Å². The van der Waals surface area contributed by atoms with Crippen LogP contribution in [0.5, 0.6) is 0 Å². The minimum atomic E-state index is -0.863. The number of hydrogen-bond donors (Lipinski definition) is 2. The Labute approximate surface area is 123 Å². The molecule has 1 saturated carbocycles. The SMILES string of the molecule is O=C(O)[C@H]1CCC[C@H]1C(=O)NCCc1cccc(Cl)c1. The molecule has 2 atom stereocenters. The molecule has 108 valence electrons. The lowest BCUT2D eigenvalue weighted by Gasteiger charge is -2.15. The van der Waals surface area contributed by atoms with Crippen LogP contribution in [0.15, 0.2) is 24.3 Å². The van der Waals surface area contributed by atoms with Crippen molar-refractivity contribution in [3.63, 3.8) is 0 Å². The number of halogens is 1. The van der Waals surface area contributed by atoms with Gasteiger partial charge in [-0.05, 0) is 37.0 Å². The fraction of sp³-hybridized carbons (Fsp3) is 0.467. The van der Waals surface area contributed by atoms with E-state index in [1.165, 1.54) is 0 Å². The summed E-state index contributed by atoms with van der Waals surface area (Å²) >= 11 is 5.89. The molecular formula is C15H18ClNO3. The normalized spacial score (nSPS) is 21.6. The van der Waals surface area contributed by atoms with Crippen LogP contribution in [0.1, 0.15) is 24.8 Å². The zero-order valence-corrected chi connectivity index (χ0v) is 11.9. The van der Waals surface area contributed by atoms with Crippen LogP contribution in [-0.4, -0.2) is 23.5 Å². The van der Waals surface area contributed by atoms with Gasteiger partial charge < -0.3 is 10.4 Å². The Balaban J connectivity index is 1.82. The summed E-state index contributed by atoms with van der Waals surface area (Å²) in [6, 6.07) is 7.49. The van der Waals surface area contributed by atoms with Gasteiger partial charge in [0.15, 0.2) is 0 Å². The quantitative estimate of drug-likeness (QED) is 0.877. The van der Waals surface area contributed by atoms with E-state index >= 15 is 0 Å². The van der Waals surface area contributed by atoms with Crippen LogP contribution >= 0.6 is 11.6 Å². The van der Waals surface area contributed by atoms with E-state index in [1.54, 1.807) is 6.07 Å². The summed E-state index contributed by atoms with van der Waals surface area (Å²) in [5, 5.41) is 12.6. The molecule has 0 aromatic heterocycles. The maximum atomic E-state index is 12.0. The summed E-state index contributed by atoms with van der Waals surface area (Å²) in [6.07, 6.45) is 2.77. The molecule has 0 heterocycles. The molecule has 2 N–H and O–H groups in total. The Bertz CT molecular complexity index is 504. The summed E-state index contributed by atoms with van der Waals surface area (Å²) in [7, 11) is 0. The predicted molar refractivity (Wildman–Crippen MR) is 76.6 cm³/mol. The van der Waals surface area contributed by atoms with Gasteiger partial charge in [-0.15, -0.1) is 0 Å². The van der Waals surface area contributed by atoms with Crippen molar-refractivity contribution in [1.29, 1.82) is 0 Å². The van der Waals surface area contributed by atoms with Gasteiger partial charge in [0.25, 0.3) is 0 Å². The molecule has 0 unspecified atom stereocenters. The molecule has 0 bridgehead atoms. The summed E-state index contributed by atoms with van der Waals surface area (Å²) in [6.45, 7) is 0.502. The average molecular weight is 296 g/mol. The first-order valence-electron chi connectivity index (χ1n) is 6.83. The van der Waals surface area contributed by atoms with Crippen LogP contribution in [-0.2, 0) is 16.0 Å². The summed E-state index contributed by atoms with van der Waals surface area (Å²) in [5.41, 5.74) is 1.05. The predicted octanol–water partition coefficient (Wildman–Crippen LogP) is 2.50. The first kappa shape index (κ1) is 14.9. The zero-order valence-electron chi connectivity index (χ0n) is 11.1. The molecule has 0 saturated heterocycles. The minimum Gasteiger partial charge on any atom is -0.481 e. The second-order valence-electron chi connectivity index (χ2n) is 5.15. The molecule has 4 nitrogen and oxygen atoms in total. The average Bonchev–Trinajstić information content (AvgIpc) is 2.88. The molecule has 1 amide bonds. The van der Waals surface area contributed by atoms with E-state index in [0.717, 1.165) is 12.0 Å². The molecule has 0 radical (unpaired) electrons. The summed E-state index contributed by atoms with van der Waals surface area (Å²) in [4.78, 5) is 23.1. The van der Waals surface area contributed by atoms with Crippen molar-refractivity contribution >= 4 is 23.5 Å². The standard InChI is InChI=1S/C15H18ClNO3/c16-11-4-1-3-10(9-11)7-8-17-14(18)12-5-2-6-13(12)15(19)20/h1,3-4,9,12-13H,2,5-8H2,(H,17,18)(H,19,20)/t12-,13+/m1/s1. The van der Waals surface area contributed by atoms with E-state index in [9.17, 15) is 9.59 Å². The smallest absolute Gasteiger partial charge is 0.307 e. The lowest BCUT2D eigenvalue weighted by Crippen LogP contribution is -2.36. The van der Waals surface area contributed by atoms with Gasteiger partial charge in [0.05, 0.1) is 11.8 Å². The van der Waals surface area contributed by atoms with Crippen molar-refractivity contribution in [3.8, 4) is 0 Å². The largest absolute Gasteiger partial charge is 0.481 e. The third-order valence-corrected chi connectivity index (χ3v) is 4.01. The highest BCUT2D eigenvalue weighted by Gasteiger charge is 2.37. The molecule has 1 fully saturated rings. The van der Waals surface area contributed by atoms with Crippen LogP contribution in [0.25, 0.3) is 0 Å². The topological polar surface area (TPSA) is 66.4 Å². The van der Waals surface area contributed by atoms with E-state index in [0.29, 0.717) is 30.8 Å². The van der Waals surface area contributed by atoms with Crippen LogP contribution in [0.2, 0.25) is 5.02 Å². The first-order chi connectivity index (χ1) is 9.58. The third kappa shape index (κ3) is 3.73. The van der Waals surface area contributed by atoms with Crippen molar-refractivity contribution < 1.29 is 14.7 Å². The molecule has 20 heavy (non-hydrogen) atoms. The van der Waals surface area contributed by atoms with Gasteiger partial charge in [0.1, 0.15) is 0 Å². The number of carbonyl (C=O) groups excluding carboxylic acids is 1. The summed E-state index contributed by atoms with van der Waals surface area (Å²) < 4.78 is 0. The first-order valence-corrected chi connectivity index (χ1v) is 7.20. The van der Waals surface area contributed by atoms with E-state index in [2.05, 4.69) is 5.32 Å². The van der Waals surface area contributed by atoms with Crippen molar-refractivity contribution in [1.82, 2.24) is 5.32 Å². The lowest BCUT2D eigenvalue weighted by molar-refractivity contribution is -0.146. The molecule has 1 aliphatic carbocycles. The number of rotatable bonds is 5. The van der Waals surface area contributed by atoms with Crippen LogP contribution in [0, 0.1) is 11.8 Å². The van der Waals surface area contributed by atoms with Gasteiger partial charge in [-0.2, -0.15) is 0 Å². The highest BCUT2D eigenvalue weighted by atomic mass is 35.5. The van der Waals surface area contributed by atoms with Crippen LogP contribution in [0.4, 0.5) is 0 Å². The number of carbonyl (C=O) groups is 2. The number of amides is 1. The number of carboxylic acid groups (broad SMARTS) is 1. The zero-order chi connectivity index (χ0) is 14.5. The molecule has 1 aliphatic rings. The Morgan fingerprint density at radius 1 is 1.30 bits per heavy atom. The van der Waals surface area contributed by atoms with Crippen molar-refractivity contribution in [3.05, 3.63) is 34.9 Å². The number of aliphatic carboxylic acids is 1. The number of benzene rings is 1. The molecule has 0 spiro atoms. The van der Waals surface area contributed by atoms with E-state index in [1.807, 2.05) is 18.2 Å². The Morgan fingerprint density at radius 2 is 2.05 bits per heavy atom. The van der Waals surface area contributed by atoms with Gasteiger partial charge in [-0.3, -0.25) is 9.59 Å². The molecule has 1 aromatic carbocycles. The molecule has 1 aromatic rings. The fourth-order valence-corrected chi connectivity index (χ4v) is 2.94. The number of nitrogens with one attached hydrogen (secondary N) is 1. The minimum absolute atomic E-state index is 0.142. The molecule has 0 aliphatic heterocycles. The maximum absolute atomic E-state index is 12.0. The Hall–Kier alpha value is -1.55. The van der Waals surface area contributed by atoms with Gasteiger partial charge in [0, 0.05) is 11.6 Å². The van der Waals surface area contributed by atoms with Crippen molar-refractivity contribution in [2.24, 2.45) is 11.8 Å². The van der Waals surface area contributed by atoms with E-state index in [-0.39, 0.29) is 11.8 Å². The third-order valence-electron chi connectivity index (χ3n) is 3.77. The lowest BCUT2D eigenvalue weighted by atomic mass is 9.95. The molecule has 5 heteroatoms. The number of carboxylic acids is 1. The second-order valence-corrected chi connectivity index (χ2v) is 5.59. The van der Waals surface area contributed by atoms with Crippen molar-refractivity contribution in [2.75, 3.05) is 6.54 Å². The van der Waals surface area contributed by atoms with Gasteiger partial charge in [-0.1, -0.05) is 30.2 Å². The fourth-order valence-electron chi connectivity index (χ4n) is 2.72.